The van der Waals surface area contributed by atoms with Crippen LogP contribution in [0.2, 0.25) is 0 Å². The summed E-state index contributed by atoms with van der Waals surface area (Å²) in [5, 5.41) is 38.3. The van der Waals surface area contributed by atoms with Crippen LogP contribution in [0, 0.1) is 30.3 Å². The first-order chi connectivity index (χ1) is 11.9. The Hall–Kier alpha value is -3.76. The number of nitro groups is 3. The van der Waals surface area contributed by atoms with Gasteiger partial charge < -0.3 is 10.6 Å². The summed E-state index contributed by atoms with van der Waals surface area (Å²) in [7, 11) is 0. The Morgan fingerprint density at radius 2 is 1.28 bits per heavy atom. The molecular formula is C14H13N5O6. The summed E-state index contributed by atoms with van der Waals surface area (Å²) in [5.41, 5.74) is -0.425. The molecule has 0 unspecified atom stereocenters. The zero-order valence-electron chi connectivity index (χ0n) is 12.7. The van der Waals surface area contributed by atoms with E-state index in [9.17, 15) is 30.3 Å². The van der Waals surface area contributed by atoms with E-state index in [4.69, 9.17) is 0 Å². The van der Waals surface area contributed by atoms with Crippen LogP contribution in [0.5, 0.6) is 0 Å². The predicted molar refractivity (Wildman–Crippen MR) is 89.8 cm³/mol. The quantitative estimate of drug-likeness (QED) is 0.419. The zero-order valence-corrected chi connectivity index (χ0v) is 12.7. The van der Waals surface area contributed by atoms with Gasteiger partial charge in [0.05, 0.1) is 20.8 Å². The number of hydrogen-bond donors (Lipinski definition) is 2. The number of anilines is 2. The zero-order chi connectivity index (χ0) is 18.4. The van der Waals surface area contributed by atoms with Crippen molar-refractivity contribution in [1.82, 2.24) is 0 Å². The van der Waals surface area contributed by atoms with E-state index in [2.05, 4.69) is 10.6 Å². The van der Waals surface area contributed by atoms with E-state index in [1.807, 2.05) is 0 Å². The number of nitrogens with zero attached hydrogens (tertiary/aromatic N) is 3. The van der Waals surface area contributed by atoms with Crippen LogP contribution in [0.25, 0.3) is 0 Å². The first-order valence-corrected chi connectivity index (χ1v) is 7.04. The van der Waals surface area contributed by atoms with Crippen LogP contribution in [-0.4, -0.2) is 27.9 Å². The lowest BCUT2D eigenvalue weighted by Crippen LogP contribution is -2.15. The fourth-order valence-electron chi connectivity index (χ4n) is 2.11. The predicted octanol–water partition coefficient (Wildman–Crippen LogP) is 2.94. The third-order valence-electron chi connectivity index (χ3n) is 3.25. The smallest absolute Gasteiger partial charge is 0.299 e. The Bertz CT molecular complexity index is 825. The molecule has 0 fully saturated rings. The van der Waals surface area contributed by atoms with E-state index in [0.29, 0.717) is 5.69 Å². The molecule has 0 spiro atoms. The van der Waals surface area contributed by atoms with Crippen molar-refractivity contribution in [3.63, 3.8) is 0 Å². The lowest BCUT2D eigenvalue weighted by molar-refractivity contribution is -0.393. The third-order valence-corrected chi connectivity index (χ3v) is 3.25. The molecule has 0 aromatic heterocycles. The molecule has 130 valence electrons. The maximum Gasteiger partial charge on any atom is 0.299 e. The molecule has 0 saturated heterocycles. The van der Waals surface area contributed by atoms with Crippen molar-refractivity contribution >= 4 is 28.4 Å². The van der Waals surface area contributed by atoms with Gasteiger partial charge in [-0.2, -0.15) is 0 Å². The summed E-state index contributed by atoms with van der Waals surface area (Å²) in [6.45, 7) is 0.462. The van der Waals surface area contributed by atoms with Gasteiger partial charge in [-0.05, 0) is 12.1 Å². The van der Waals surface area contributed by atoms with E-state index < -0.39 is 20.5 Å². The van der Waals surface area contributed by atoms with Gasteiger partial charge in [0.2, 0.25) is 0 Å². The highest BCUT2D eigenvalue weighted by Crippen LogP contribution is 2.29. The Morgan fingerprint density at radius 3 is 1.84 bits per heavy atom. The van der Waals surface area contributed by atoms with Crippen LogP contribution in [-0.2, 0) is 0 Å². The minimum absolute atomic E-state index is 0.0798. The summed E-state index contributed by atoms with van der Waals surface area (Å²) in [5.74, 6) is 0. The van der Waals surface area contributed by atoms with Gasteiger partial charge >= 0.3 is 0 Å². The first kappa shape index (κ1) is 17.6. The molecule has 0 bridgehead atoms. The molecule has 11 heteroatoms. The summed E-state index contributed by atoms with van der Waals surface area (Å²) in [4.78, 5) is 30.7. The second kappa shape index (κ2) is 7.68. The highest BCUT2D eigenvalue weighted by atomic mass is 16.6. The fourth-order valence-corrected chi connectivity index (χ4v) is 2.11. The molecule has 2 aromatic carbocycles. The normalized spacial score (nSPS) is 10.1. The highest BCUT2D eigenvalue weighted by Gasteiger charge is 2.19. The second-order valence-corrected chi connectivity index (χ2v) is 4.84. The standard InChI is InChI=1S/C14H13N5O6/c20-17(21)10-5-6-12(14(9-10)19(24)25)16-8-7-15-11-3-1-2-4-13(11)18(22)23/h1-6,9,15-16H,7-8H2. The second-order valence-electron chi connectivity index (χ2n) is 4.84. The number of non-ortho nitro benzene ring substituents is 1. The van der Waals surface area contributed by atoms with Gasteiger partial charge in [-0.1, -0.05) is 12.1 Å². The molecule has 11 nitrogen and oxygen atoms in total. The molecule has 0 amide bonds. The van der Waals surface area contributed by atoms with Crippen molar-refractivity contribution in [3.05, 3.63) is 72.8 Å². The van der Waals surface area contributed by atoms with Crippen LogP contribution in [0.3, 0.4) is 0 Å². The average molecular weight is 347 g/mol. The van der Waals surface area contributed by atoms with Gasteiger partial charge in [0, 0.05) is 25.2 Å². The van der Waals surface area contributed by atoms with Gasteiger partial charge in [-0.25, -0.2) is 0 Å². The summed E-state index contributed by atoms with van der Waals surface area (Å²) >= 11 is 0. The molecule has 0 saturated carbocycles. The number of hydrogen-bond acceptors (Lipinski definition) is 8. The van der Waals surface area contributed by atoms with Gasteiger partial charge in [-0.3, -0.25) is 30.3 Å². The molecule has 0 aliphatic heterocycles. The van der Waals surface area contributed by atoms with E-state index in [1.165, 1.54) is 12.1 Å². The number of para-hydroxylation sites is 2. The molecule has 2 N–H and O–H groups in total. The maximum absolute atomic E-state index is 11.0. The topological polar surface area (TPSA) is 153 Å². The van der Waals surface area contributed by atoms with Gasteiger partial charge in [0.1, 0.15) is 11.4 Å². The summed E-state index contributed by atoms with van der Waals surface area (Å²) in [6.07, 6.45) is 0. The summed E-state index contributed by atoms with van der Waals surface area (Å²) < 4.78 is 0. The minimum atomic E-state index is -0.717. The maximum atomic E-state index is 11.0. The number of benzene rings is 2. The molecule has 0 heterocycles. The van der Waals surface area contributed by atoms with E-state index in [0.717, 1.165) is 12.1 Å². The van der Waals surface area contributed by atoms with Crippen molar-refractivity contribution in [1.29, 1.82) is 0 Å². The minimum Gasteiger partial charge on any atom is -0.378 e. The van der Waals surface area contributed by atoms with Crippen LogP contribution in [0.15, 0.2) is 42.5 Å². The lowest BCUT2D eigenvalue weighted by Gasteiger charge is -2.09. The van der Waals surface area contributed by atoms with Crippen molar-refractivity contribution in [2.75, 3.05) is 23.7 Å². The van der Waals surface area contributed by atoms with Gasteiger partial charge in [-0.15, -0.1) is 0 Å². The summed E-state index contributed by atoms with van der Waals surface area (Å²) in [6, 6.07) is 9.37. The average Bonchev–Trinajstić information content (AvgIpc) is 2.58. The lowest BCUT2D eigenvalue weighted by atomic mass is 10.2. The van der Waals surface area contributed by atoms with Crippen LogP contribution in [0.1, 0.15) is 0 Å². The van der Waals surface area contributed by atoms with Crippen LogP contribution < -0.4 is 10.6 Å². The number of nitrogens with one attached hydrogen (secondary N) is 2. The van der Waals surface area contributed by atoms with Crippen molar-refractivity contribution in [3.8, 4) is 0 Å². The third kappa shape index (κ3) is 4.37. The molecule has 0 atom stereocenters. The van der Waals surface area contributed by atoms with Gasteiger partial charge in [0.15, 0.2) is 0 Å². The number of nitro benzene ring substituents is 3. The SMILES string of the molecule is O=[N+]([O-])c1ccc(NCCNc2ccccc2[N+](=O)[O-])c([N+](=O)[O-])c1. The monoisotopic (exact) mass is 347 g/mol. The Kier molecular flexibility index (Phi) is 5.40. The van der Waals surface area contributed by atoms with Crippen molar-refractivity contribution < 1.29 is 14.8 Å². The Labute approximate surface area is 140 Å². The molecule has 0 aliphatic rings. The van der Waals surface area contributed by atoms with Crippen molar-refractivity contribution in [2.24, 2.45) is 0 Å². The highest BCUT2D eigenvalue weighted by molar-refractivity contribution is 5.65. The van der Waals surface area contributed by atoms with E-state index in [-0.39, 0.29) is 30.2 Å². The molecule has 2 aromatic rings. The van der Waals surface area contributed by atoms with Crippen LogP contribution >= 0.6 is 0 Å². The largest absolute Gasteiger partial charge is 0.378 e. The van der Waals surface area contributed by atoms with E-state index >= 15 is 0 Å². The molecule has 2 rings (SSSR count). The fraction of sp³-hybridized carbons (Fsp3) is 0.143. The molecule has 0 radical (unpaired) electrons. The molecular weight excluding hydrogens is 334 g/mol. The molecule has 0 aliphatic carbocycles. The molecule has 25 heavy (non-hydrogen) atoms. The first-order valence-electron chi connectivity index (χ1n) is 7.04. The van der Waals surface area contributed by atoms with Gasteiger partial charge in [0.25, 0.3) is 17.1 Å². The Balaban J connectivity index is 2.02. The van der Waals surface area contributed by atoms with Crippen LogP contribution in [0.4, 0.5) is 28.4 Å². The Morgan fingerprint density at radius 1 is 0.720 bits per heavy atom. The van der Waals surface area contributed by atoms with E-state index in [1.54, 1.807) is 18.2 Å². The van der Waals surface area contributed by atoms with Crippen molar-refractivity contribution in [2.45, 2.75) is 0 Å². The number of rotatable bonds is 8.